The highest BCUT2D eigenvalue weighted by Gasteiger charge is 2.20. The van der Waals surface area contributed by atoms with Gasteiger partial charge in [-0.2, -0.15) is 4.98 Å². The van der Waals surface area contributed by atoms with E-state index < -0.39 is 6.04 Å². The van der Waals surface area contributed by atoms with Crippen LogP contribution in [0.25, 0.3) is 11.4 Å². The molecule has 138 valence electrons. The fourth-order valence-electron chi connectivity index (χ4n) is 3.00. The SMILES string of the molecule is C[C@@H](NC(=O)CCC(=O)NC1CCCC1)c1nc(-c2cccnc2)no1. The molecule has 2 aromatic heterocycles. The molecule has 8 nitrogen and oxygen atoms in total. The molecule has 1 saturated carbocycles. The lowest BCUT2D eigenvalue weighted by molar-refractivity contribution is -0.127. The quantitative estimate of drug-likeness (QED) is 0.785. The molecular weight excluding hydrogens is 334 g/mol. The van der Waals surface area contributed by atoms with Gasteiger partial charge in [-0.3, -0.25) is 14.6 Å². The van der Waals surface area contributed by atoms with Gasteiger partial charge in [-0.05, 0) is 31.9 Å². The lowest BCUT2D eigenvalue weighted by Gasteiger charge is -2.12. The van der Waals surface area contributed by atoms with Crippen LogP contribution in [0.2, 0.25) is 0 Å². The van der Waals surface area contributed by atoms with Crippen LogP contribution < -0.4 is 10.6 Å². The standard InChI is InChI=1S/C18H23N5O3/c1-12(18-22-17(23-26-18)13-5-4-10-19-11-13)20-15(24)8-9-16(25)21-14-6-2-3-7-14/h4-5,10-12,14H,2-3,6-9H2,1H3,(H,20,24)(H,21,25)/t12-/m1/s1. The fourth-order valence-corrected chi connectivity index (χ4v) is 3.00. The summed E-state index contributed by atoms with van der Waals surface area (Å²) in [6.07, 6.45) is 8.00. The van der Waals surface area contributed by atoms with Gasteiger partial charge in [-0.1, -0.05) is 18.0 Å². The molecule has 26 heavy (non-hydrogen) atoms. The summed E-state index contributed by atoms with van der Waals surface area (Å²) >= 11 is 0. The highest BCUT2D eigenvalue weighted by Crippen LogP contribution is 2.18. The van der Waals surface area contributed by atoms with E-state index >= 15 is 0 Å². The Morgan fingerprint density at radius 1 is 1.27 bits per heavy atom. The second-order valence-corrected chi connectivity index (χ2v) is 6.54. The van der Waals surface area contributed by atoms with E-state index in [1.165, 1.54) is 0 Å². The number of amides is 2. The van der Waals surface area contributed by atoms with Crippen molar-refractivity contribution in [2.75, 3.05) is 0 Å². The molecule has 3 rings (SSSR count). The average Bonchev–Trinajstić information content (AvgIpc) is 3.32. The monoisotopic (exact) mass is 357 g/mol. The van der Waals surface area contributed by atoms with Crippen LogP contribution in [-0.4, -0.2) is 33.0 Å². The molecule has 0 unspecified atom stereocenters. The molecule has 2 N–H and O–H groups in total. The third-order valence-corrected chi connectivity index (χ3v) is 4.41. The van der Waals surface area contributed by atoms with Crippen molar-refractivity contribution in [3.05, 3.63) is 30.4 Å². The molecular formula is C18H23N5O3. The van der Waals surface area contributed by atoms with Crippen molar-refractivity contribution < 1.29 is 14.1 Å². The molecule has 1 atom stereocenters. The van der Waals surface area contributed by atoms with E-state index in [9.17, 15) is 9.59 Å². The van der Waals surface area contributed by atoms with Gasteiger partial charge in [0.1, 0.15) is 6.04 Å². The molecule has 0 radical (unpaired) electrons. The van der Waals surface area contributed by atoms with Crippen LogP contribution in [0.4, 0.5) is 0 Å². The molecule has 0 saturated heterocycles. The first-order chi connectivity index (χ1) is 12.6. The average molecular weight is 357 g/mol. The minimum Gasteiger partial charge on any atom is -0.353 e. The highest BCUT2D eigenvalue weighted by atomic mass is 16.5. The highest BCUT2D eigenvalue weighted by molar-refractivity contribution is 5.84. The van der Waals surface area contributed by atoms with Crippen molar-refractivity contribution in [3.63, 3.8) is 0 Å². The number of carbonyl (C=O) groups excluding carboxylic acids is 2. The first kappa shape index (κ1) is 18.0. The summed E-state index contributed by atoms with van der Waals surface area (Å²) in [5.41, 5.74) is 0.740. The van der Waals surface area contributed by atoms with Gasteiger partial charge in [0.15, 0.2) is 0 Å². The second-order valence-electron chi connectivity index (χ2n) is 6.54. The Balaban J connectivity index is 1.45. The molecule has 2 heterocycles. The molecule has 8 heteroatoms. The number of hydrogen-bond acceptors (Lipinski definition) is 6. The van der Waals surface area contributed by atoms with Gasteiger partial charge < -0.3 is 15.2 Å². The number of aromatic nitrogens is 3. The lowest BCUT2D eigenvalue weighted by Crippen LogP contribution is -2.34. The van der Waals surface area contributed by atoms with Crippen LogP contribution in [0, 0.1) is 0 Å². The van der Waals surface area contributed by atoms with E-state index in [1.54, 1.807) is 25.4 Å². The molecule has 1 aliphatic carbocycles. The third-order valence-electron chi connectivity index (χ3n) is 4.41. The molecule has 1 aliphatic rings. The maximum absolute atomic E-state index is 12.1. The molecule has 0 spiro atoms. The smallest absolute Gasteiger partial charge is 0.249 e. The van der Waals surface area contributed by atoms with Gasteiger partial charge in [-0.15, -0.1) is 0 Å². The summed E-state index contributed by atoms with van der Waals surface area (Å²) in [4.78, 5) is 32.2. The van der Waals surface area contributed by atoms with Gasteiger partial charge in [0.05, 0.1) is 0 Å². The van der Waals surface area contributed by atoms with Crippen LogP contribution in [0.15, 0.2) is 29.0 Å². The van der Waals surface area contributed by atoms with Crippen LogP contribution in [0.3, 0.4) is 0 Å². The predicted molar refractivity (Wildman–Crippen MR) is 93.7 cm³/mol. The van der Waals surface area contributed by atoms with Crippen molar-refractivity contribution in [2.24, 2.45) is 0 Å². The fraction of sp³-hybridized carbons (Fsp3) is 0.500. The lowest BCUT2D eigenvalue weighted by atomic mass is 10.2. The number of carbonyl (C=O) groups is 2. The van der Waals surface area contributed by atoms with Crippen molar-refractivity contribution in [1.82, 2.24) is 25.8 Å². The summed E-state index contributed by atoms with van der Waals surface area (Å²) in [7, 11) is 0. The zero-order valence-corrected chi connectivity index (χ0v) is 14.8. The van der Waals surface area contributed by atoms with Crippen LogP contribution in [-0.2, 0) is 9.59 Å². The largest absolute Gasteiger partial charge is 0.353 e. The van der Waals surface area contributed by atoms with E-state index in [0.717, 1.165) is 31.2 Å². The first-order valence-corrected chi connectivity index (χ1v) is 8.94. The Morgan fingerprint density at radius 3 is 2.77 bits per heavy atom. The van der Waals surface area contributed by atoms with Crippen LogP contribution >= 0.6 is 0 Å². The Hall–Kier alpha value is -2.77. The second kappa shape index (κ2) is 8.55. The summed E-state index contributed by atoms with van der Waals surface area (Å²) in [5, 5.41) is 9.66. The van der Waals surface area contributed by atoms with Crippen LogP contribution in [0.5, 0.6) is 0 Å². The topological polar surface area (TPSA) is 110 Å². The van der Waals surface area contributed by atoms with E-state index in [-0.39, 0.29) is 30.7 Å². The Morgan fingerprint density at radius 2 is 2.04 bits per heavy atom. The Kier molecular flexibility index (Phi) is 5.93. The minimum atomic E-state index is -0.432. The normalized spacial score (nSPS) is 15.6. The van der Waals surface area contributed by atoms with E-state index in [2.05, 4.69) is 25.8 Å². The predicted octanol–water partition coefficient (Wildman–Crippen LogP) is 2.15. The summed E-state index contributed by atoms with van der Waals surface area (Å²) in [5.74, 6) is 0.439. The van der Waals surface area contributed by atoms with Crippen molar-refractivity contribution in [2.45, 2.75) is 57.5 Å². The van der Waals surface area contributed by atoms with Crippen molar-refractivity contribution >= 4 is 11.8 Å². The van der Waals surface area contributed by atoms with E-state index in [1.807, 2.05) is 6.07 Å². The zero-order valence-electron chi connectivity index (χ0n) is 14.8. The van der Waals surface area contributed by atoms with Crippen molar-refractivity contribution in [3.8, 4) is 11.4 Å². The van der Waals surface area contributed by atoms with Gasteiger partial charge in [-0.25, -0.2) is 0 Å². The Labute approximate surface area is 151 Å². The summed E-state index contributed by atoms with van der Waals surface area (Å²) in [6.45, 7) is 1.76. The first-order valence-electron chi connectivity index (χ1n) is 8.94. The zero-order chi connectivity index (χ0) is 18.4. The van der Waals surface area contributed by atoms with Gasteiger partial charge in [0.2, 0.25) is 23.5 Å². The minimum absolute atomic E-state index is 0.0728. The molecule has 0 aromatic carbocycles. The number of pyridine rings is 1. The molecule has 2 aromatic rings. The Bertz CT molecular complexity index is 740. The maximum Gasteiger partial charge on any atom is 0.249 e. The molecule has 0 bridgehead atoms. The number of nitrogens with one attached hydrogen (secondary N) is 2. The number of rotatable bonds is 7. The number of hydrogen-bond donors (Lipinski definition) is 2. The number of nitrogens with zero attached hydrogens (tertiary/aromatic N) is 3. The summed E-state index contributed by atoms with van der Waals surface area (Å²) < 4.78 is 5.21. The van der Waals surface area contributed by atoms with Gasteiger partial charge in [0, 0.05) is 36.8 Å². The molecule has 1 fully saturated rings. The molecule has 0 aliphatic heterocycles. The van der Waals surface area contributed by atoms with Crippen molar-refractivity contribution in [1.29, 1.82) is 0 Å². The molecule has 2 amide bonds. The van der Waals surface area contributed by atoms with Gasteiger partial charge in [0.25, 0.3) is 0 Å². The summed E-state index contributed by atoms with van der Waals surface area (Å²) in [6, 6.07) is 3.45. The van der Waals surface area contributed by atoms with E-state index in [4.69, 9.17) is 4.52 Å². The third kappa shape index (κ3) is 4.87. The van der Waals surface area contributed by atoms with E-state index in [0.29, 0.717) is 11.7 Å². The van der Waals surface area contributed by atoms with Gasteiger partial charge >= 0.3 is 0 Å². The maximum atomic E-state index is 12.1. The van der Waals surface area contributed by atoms with Crippen LogP contribution in [0.1, 0.15) is 57.4 Å².